The van der Waals surface area contributed by atoms with Crippen molar-refractivity contribution in [2.24, 2.45) is 16.7 Å². The largest absolute Gasteiger partial charge is 0.396 e. The van der Waals surface area contributed by atoms with Crippen LogP contribution in [0.15, 0.2) is 12.2 Å². The zero-order valence-corrected chi connectivity index (χ0v) is 15.5. The summed E-state index contributed by atoms with van der Waals surface area (Å²) in [6, 6.07) is 0. The number of aliphatic hydroxyl groups is 2. The van der Waals surface area contributed by atoms with Gasteiger partial charge in [-0.3, -0.25) is 4.79 Å². The Kier molecular flexibility index (Phi) is 3.64. The molecule has 5 heteroatoms. The molecule has 0 radical (unpaired) electrons. The second kappa shape index (κ2) is 5.16. The summed E-state index contributed by atoms with van der Waals surface area (Å²) < 4.78 is 12.7. The van der Waals surface area contributed by atoms with Gasteiger partial charge in [-0.2, -0.15) is 0 Å². The van der Waals surface area contributed by atoms with E-state index in [4.69, 9.17) is 9.47 Å². The highest BCUT2D eigenvalue weighted by Crippen LogP contribution is 2.76. The molecule has 3 saturated heterocycles. The summed E-state index contributed by atoms with van der Waals surface area (Å²) in [5.74, 6) is -0.396. The number of carbonyl (C=O) groups excluding carboxylic acids is 1. The van der Waals surface area contributed by atoms with Crippen molar-refractivity contribution in [2.75, 3.05) is 6.61 Å². The first-order valence-corrected chi connectivity index (χ1v) is 9.54. The fourth-order valence-corrected chi connectivity index (χ4v) is 5.83. The third-order valence-electron chi connectivity index (χ3n) is 7.62. The molecule has 4 aliphatic rings. The zero-order valence-electron chi connectivity index (χ0n) is 15.5. The third-order valence-corrected chi connectivity index (χ3v) is 7.62. The minimum atomic E-state index is -0.748. The Morgan fingerprint density at radius 1 is 1.44 bits per heavy atom. The average Bonchev–Trinajstić information content (AvgIpc) is 3.23. The topological polar surface area (TPSA) is 79.3 Å². The normalized spacial score (nSPS) is 50.6. The molecule has 1 unspecified atom stereocenters. The van der Waals surface area contributed by atoms with E-state index in [-0.39, 0.29) is 29.8 Å². The molecule has 3 aliphatic heterocycles. The van der Waals surface area contributed by atoms with Crippen LogP contribution in [0.4, 0.5) is 0 Å². The van der Waals surface area contributed by atoms with Crippen LogP contribution in [0.25, 0.3) is 0 Å². The van der Waals surface area contributed by atoms with E-state index in [9.17, 15) is 15.0 Å². The van der Waals surface area contributed by atoms with E-state index in [1.807, 2.05) is 13.8 Å². The van der Waals surface area contributed by atoms with Crippen LogP contribution >= 0.6 is 0 Å². The van der Waals surface area contributed by atoms with Gasteiger partial charge in [0.05, 0.1) is 18.1 Å². The summed E-state index contributed by atoms with van der Waals surface area (Å²) in [5.41, 5.74) is -0.840. The first-order chi connectivity index (χ1) is 11.7. The van der Waals surface area contributed by atoms with Crippen LogP contribution in [-0.2, 0) is 14.3 Å². The molecule has 6 atom stereocenters. The second-order valence-electron chi connectivity index (χ2n) is 9.24. The number of Topliss-reactive ketones (excluding diaryl/α,β-unsaturated/α-hetero) is 1. The van der Waals surface area contributed by atoms with Crippen LogP contribution in [0.1, 0.15) is 59.3 Å². The Bertz CT molecular complexity index is 630. The van der Waals surface area contributed by atoms with Gasteiger partial charge in [-0.05, 0) is 37.7 Å². The Morgan fingerprint density at radius 3 is 2.80 bits per heavy atom. The third kappa shape index (κ3) is 1.96. The maximum absolute atomic E-state index is 12.2. The molecule has 1 aliphatic carbocycles. The van der Waals surface area contributed by atoms with Gasteiger partial charge in [0.2, 0.25) is 5.79 Å². The quantitative estimate of drug-likeness (QED) is 0.588. The molecule has 2 N–H and O–H groups in total. The minimum Gasteiger partial charge on any atom is -0.396 e. The first kappa shape index (κ1) is 17.7. The lowest BCUT2D eigenvalue weighted by Crippen LogP contribution is -2.63. The molecular weight excluding hydrogens is 320 g/mol. The number of aliphatic hydroxyl groups excluding tert-OH is 2. The van der Waals surface area contributed by atoms with Crippen molar-refractivity contribution in [3.8, 4) is 0 Å². The van der Waals surface area contributed by atoms with Crippen LogP contribution < -0.4 is 0 Å². The molecule has 3 heterocycles. The van der Waals surface area contributed by atoms with E-state index in [1.54, 1.807) is 0 Å². The Hall–Kier alpha value is -0.750. The van der Waals surface area contributed by atoms with E-state index in [1.165, 1.54) is 0 Å². The molecule has 1 saturated carbocycles. The molecular formula is C20H30O5. The van der Waals surface area contributed by atoms with Crippen LogP contribution in [0.2, 0.25) is 0 Å². The van der Waals surface area contributed by atoms with Gasteiger partial charge in [0.1, 0.15) is 17.5 Å². The Labute approximate surface area is 149 Å². The number of ketones is 1. The summed E-state index contributed by atoms with van der Waals surface area (Å²) >= 11 is 0. The van der Waals surface area contributed by atoms with Gasteiger partial charge in [0, 0.05) is 17.8 Å². The Morgan fingerprint density at radius 2 is 2.16 bits per heavy atom. The molecule has 0 amide bonds. The predicted molar refractivity (Wildman–Crippen MR) is 91.7 cm³/mol. The number of ether oxygens (including phenoxy) is 2. The number of carbonyl (C=O) groups is 1. The van der Waals surface area contributed by atoms with Crippen molar-refractivity contribution in [2.45, 2.75) is 82.9 Å². The molecule has 25 heavy (non-hydrogen) atoms. The van der Waals surface area contributed by atoms with Gasteiger partial charge in [0.15, 0.2) is 0 Å². The van der Waals surface area contributed by atoms with Gasteiger partial charge >= 0.3 is 0 Å². The summed E-state index contributed by atoms with van der Waals surface area (Å²) in [6.45, 7) is 10.1. The van der Waals surface area contributed by atoms with Crippen LogP contribution in [0.3, 0.4) is 0 Å². The van der Waals surface area contributed by atoms with E-state index in [2.05, 4.69) is 13.5 Å². The number of hydrogen-bond acceptors (Lipinski definition) is 5. The number of rotatable bonds is 5. The van der Waals surface area contributed by atoms with Gasteiger partial charge in [-0.1, -0.05) is 27.4 Å². The van der Waals surface area contributed by atoms with Crippen LogP contribution in [0.5, 0.6) is 0 Å². The number of hydrogen-bond donors (Lipinski definition) is 2. The first-order valence-electron chi connectivity index (χ1n) is 9.54. The van der Waals surface area contributed by atoms with Crippen molar-refractivity contribution in [3.63, 3.8) is 0 Å². The SMILES string of the molecule is C=C1CC[C@@H](O)[C@@]2(CO)C[C@H]3OC34O[C@@]12C[C@@]4(C)CCC(=O)C(C)C. The van der Waals surface area contributed by atoms with E-state index < -0.39 is 22.9 Å². The molecule has 2 bridgehead atoms. The highest BCUT2D eigenvalue weighted by molar-refractivity contribution is 5.80. The van der Waals surface area contributed by atoms with Crippen molar-refractivity contribution in [3.05, 3.63) is 12.2 Å². The molecule has 4 fully saturated rings. The van der Waals surface area contributed by atoms with Crippen LogP contribution in [-0.4, -0.2) is 46.2 Å². The van der Waals surface area contributed by atoms with E-state index >= 15 is 0 Å². The zero-order chi connectivity index (χ0) is 18.3. The summed E-state index contributed by atoms with van der Waals surface area (Å²) in [6.07, 6.45) is 3.02. The lowest BCUT2D eigenvalue weighted by molar-refractivity contribution is -0.222. The predicted octanol–water partition coefficient (Wildman–Crippen LogP) is 2.35. The molecule has 140 valence electrons. The van der Waals surface area contributed by atoms with E-state index in [0.29, 0.717) is 38.5 Å². The monoisotopic (exact) mass is 350 g/mol. The summed E-state index contributed by atoms with van der Waals surface area (Å²) in [4.78, 5) is 12.2. The van der Waals surface area contributed by atoms with Crippen molar-refractivity contribution < 1.29 is 24.5 Å². The highest BCUT2D eigenvalue weighted by Gasteiger charge is 2.85. The molecule has 0 aromatic rings. The fraction of sp³-hybridized carbons (Fsp3) is 0.850. The smallest absolute Gasteiger partial charge is 0.201 e. The fourth-order valence-electron chi connectivity index (χ4n) is 5.83. The van der Waals surface area contributed by atoms with Gasteiger partial charge < -0.3 is 19.7 Å². The molecule has 5 nitrogen and oxygen atoms in total. The van der Waals surface area contributed by atoms with Crippen molar-refractivity contribution in [1.29, 1.82) is 0 Å². The maximum Gasteiger partial charge on any atom is 0.201 e. The molecule has 4 rings (SSSR count). The second-order valence-corrected chi connectivity index (χ2v) is 9.24. The van der Waals surface area contributed by atoms with Crippen molar-refractivity contribution in [1.82, 2.24) is 0 Å². The van der Waals surface area contributed by atoms with Gasteiger partial charge in [-0.25, -0.2) is 0 Å². The minimum absolute atomic E-state index is 0.0277. The van der Waals surface area contributed by atoms with Crippen molar-refractivity contribution >= 4 is 5.78 Å². The molecule has 0 aromatic heterocycles. The summed E-state index contributed by atoms with van der Waals surface area (Å²) in [5, 5.41) is 21.1. The molecule has 0 aromatic carbocycles. The number of epoxide rings is 1. The maximum atomic E-state index is 12.2. The van der Waals surface area contributed by atoms with Crippen LogP contribution in [0, 0.1) is 16.7 Å². The standard InChI is InChI=1S/C20H30O5/c1-12(2)14(22)7-8-17(4)10-19-13(3)5-6-15(23)18(19,11-21)9-16-20(17,24-16)25-19/h12,15-16,21,23H,3,5-11H2,1-2,4H3/t15-,16-,17-,18+,19+,20?/m1/s1. The summed E-state index contributed by atoms with van der Waals surface area (Å²) in [7, 11) is 0. The molecule has 2 spiro atoms. The highest BCUT2D eigenvalue weighted by atomic mass is 16.8. The van der Waals surface area contributed by atoms with Gasteiger partial charge in [-0.15, -0.1) is 0 Å². The van der Waals surface area contributed by atoms with Gasteiger partial charge in [0.25, 0.3) is 0 Å². The average molecular weight is 350 g/mol. The van der Waals surface area contributed by atoms with E-state index in [0.717, 1.165) is 5.57 Å². The lowest BCUT2D eigenvalue weighted by Gasteiger charge is -2.55. The lowest BCUT2D eigenvalue weighted by atomic mass is 9.56. The Balaban J connectivity index is 1.70.